The maximum Gasteiger partial charge on any atom is 0.363 e. The van der Waals surface area contributed by atoms with Crippen LogP contribution in [0.5, 0.6) is 11.5 Å². The van der Waals surface area contributed by atoms with E-state index >= 15 is 0 Å². The Morgan fingerprint density at radius 2 is 1.78 bits per heavy atom. The molecule has 3 aromatic carbocycles. The number of hydrogen-bond acceptors (Lipinski definition) is 6. The molecule has 0 saturated heterocycles. The number of rotatable bonds is 6. The van der Waals surface area contributed by atoms with Crippen LogP contribution in [0.25, 0.3) is 6.08 Å². The Bertz CT molecular complexity index is 1230. The van der Waals surface area contributed by atoms with E-state index in [1.54, 1.807) is 48.5 Å². The highest BCUT2D eigenvalue weighted by Crippen LogP contribution is 2.31. The molecule has 6 nitrogen and oxygen atoms in total. The second-order valence-electron chi connectivity index (χ2n) is 6.71. The number of halogens is 1. The third kappa shape index (κ3) is 4.78. The van der Waals surface area contributed by atoms with Crippen molar-refractivity contribution in [3.8, 4) is 11.5 Å². The standard InChI is InChI=1S/C25H18BrNO5/c1-2-30-22-15-16(12-13-21(22)31-24(28)17-8-4-3-5-9-17)14-20-25(29)32-23(27-20)18-10-6-7-11-19(18)26/h3-15H,2H2,1H3/b20-14-. The topological polar surface area (TPSA) is 74.2 Å². The van der Waals surface area contributed by atoms with Crippen LogP contribution in [0.1, 0.15) is 28.4 Å². The summed E-state index contributed by atoms with van der Waals surface area (Å²) in [6.07, 6.45) is 1.59. The Morgan fingerprint density at radius 3 is 2.53 bits per heavy atom. The van der Waals surface area contributed by atoms with Crippen LogP contribution in [0, 0.1) is 0 Å². The molecular formula is C25H18BrNO5. The number of hydrogen-bond donors (Lipinski definition) is 0. The van der Waals surface area contributed by atoms with Crippen molar-refractivity contribution in [2.24, 2.45) is 4.99 Å². The molecule has 0 aromatic heterocycles. The largest absolute Gasteiger partial charge is 0.490 e. The predicted octanol–water partition coefficient (Wildman–Crippen LogP) is 5.41. The van der Waals surface area contributed by atoms with E-state index in [9.17, 15) is 9.59 Å². The minimum atomic E-state index is -0.548. The van der Waals surface area contributed by atoms with Gasteiger partial charge in [0.15, 0.2) is 17.2 Å². The van der Waals surface area contributed by atoms with Crippen molar-refractivity contribution in [3.05, 3.63) is 99.7 Å². The van der Waals surface area contributed by atoms with Crippen LogP contribution in [0.4, 0.5) is 0 Å². The molecule has 0 spiro atoms. The maximum atomic E-state index is 12.4. The predicted molar refractivity (Wildman–Crippen MR) is 124 cm³/mol. The summed E-state index contributed by atoms with van der Waals surface area (Å²) in [7, 11) is 0. The van der Waals surface area contributed by atoms with Gasteiger partial charge in [-0.3, -0.25) is 0 Å². The fourth-order valence-corrected chi connectivity index (χ4v) is 3.47. The first-order valence-corrected chi connectivity index (χ1v) is 10.7. The first kappa shape index (κ1) is 21.5. The number of aliphatic imine (C=N–C) groups is 1. The third-order valence-electron chi connectivity index (χ3n) is 4.51. The smallest absolute Gasteiger partial charge is 0.363 e. The Hall–Kier alpha value is -3.71. The van der Waals surface area contributed by atoms with Crippen LogP contribution in [-0.2, 0) is 9.53 Å². The fourth-order valence-electron chi connectivity index (χ4n) is 3.02. The van der Waals surface area contributed by atoms with E-state index in [4.69, 9.17) is 14.2 Å². The normalized spacial score (nSPS) is 14.1. The molecule has 7 heteroatoms. The van der Waals surface area contributed by atoms with Crippen LogP contribution in [0.3, 0.4) is 0 Å². The van der Waals surface area contributed by atoms with E-state index in [-0.39, 0.29) is 17.3 Å². The van der Waals surface area contributed by atoms with Gasteiger partial charge in [-0.1, -0.05) is 36.4 Å². The zero-order valence-corrected chi connectivity index (χ0v) is 18.7. The highest BCUT2D eigenvalue weighted by Gasteiger charge is 2.25. The van der Waals surface area contributed by atoms with Gasteiger partial charge < -0.3 is 14.2 Å². The third-order valence-corrected chi connectivity index (χ3v) is 5.20. The van der Waals surface area contributed by atoms with Crippen LogP contribution in [0.15, 0.2) is 88.0 Å². The molecule has 0 unspecified atom stereocenters. The lowest BCUT2D eigenvalue weighted by Crippen LogP contribution is -2.09. The van der Waals surface area contributed by atoms with Crippen LogP contribution >= 0.6 is 15.9 Å². The van der Waals surface area contributed by atoms with Crippen LogP contribution < -0.4 is 9.47 Å². The summed E-state index contributed by atoms with van der Waals surface area (Å²) in [5.74, 6) is -0.137. The monoisotopic (exact) mass is 491 g/mol. The second-order valence-corrected chi connectivity index (χ2v) is 7.56. The van der Waals surface area contributed by atoms with Crippen molar-refractivity contribution < 1.29 is 23.8 Å². The van der Waals surface area contributed by atoms with Gasteiger partial charge in [-0.15, -0.1) is 0 Å². The van der Waals surface area contributed by atoms with Crippen molar-refractivity contribution in [1.29, 1.82) is 0 Å². The van der Waals surface area contributed by atoms with E-state index in [1.165, 1.54) is 0 Å². The minimum absolute atomic E-state index is 0.159. The molecule has 1 heterocycles. The Morgan fingerprint density at radius 1 is 1.03 bits per heavy atom. The first-order valence-electron chi connectivity index (χ1n) is 9.86. The summed E-state index contributed by atoms with van der Waals surface area (Å²) in [4.78, 5) is 29.1. The number of carbonyl (C=O) groups excluding carboxylic acids is 2. The molecule has 1 aliphatic heterocycles. The van der Waals surface area contributed by atoms with Gasteiger partial charge >= 0.3 is 11.9 Å². The fraction of sp³-hybridized carbons (Fsp3) is 0.0800. The van der Waals surface area contributed by atoms with Crippen LogP contribution in [0.2, 0.25) is 0 Å². The van der Waals surface area contributed by atoms with Crippen molar-refractivity contribution in [1.82, 2.24) is 0 Å². The molecule has 0 amide bonds. The van der Waals surface area contributed by atoms with Crippen molar-refractivity contribution in [3.63, 3.8) is 0 Å². The first-order chi connectivity index (χ1) is 15.5. The summed E-state index contributed by atoms with van der Waals surface area (Å²) >= 11 is 3.43. The lowest BCUT2D eigenvalue weighted by atomic mass is 10.1. The van der Waals surface area contributed by atoms with Gasteiger partial charge in [-0.05, 0) is 70.9 Å². The summed E-state index contributed by atoms with van der Waals surface area (Å²) in [6.45, 7) is 2.21. The molecule has 0 aliphatic carbocycles. The van der Waals surface area contributed by atoms with Crippen molar-refractivity contribution in [2.45, 2.75) is 6.92 Å². The number of benzene rings is 3. The molecule has 0 atom stereocenters. The molecule has 1 aliphatic rings. The van der Waals surface area contributed by atoms with Gasteiger partial charge in [0, 0.05) is 4.47 Å². The van der Waals surface area contributed by atoms with Gasteiger partial charge in [0.25, 0.3) is 0 Å². The number of carbonyl (C=O) groups is 2. The maximum absolute atomic E-state index is 12.4. The second kappa shape index (κ2) is 9.62. The van der Waals surface area contributed by atoms with E-state index in [0.29, 0.717) is 29.0 Å². The molecule has 160 valence electrons. The van der Waals surface area contributed by atoms with E-state index < -0.39 is 11.9 Å². The molecule has 0 N–H and O–H groups in total. The van der Waals surface area contributed by atoms with Gasteiger partial charge in [0.05, 0.1) is 17.7 Å². The molecule has 0 saturated carbocycles. The summed E-state index contributed by atoms with van der Waals surface area (Å²) in [5.41, 5.74) is 1.93. The van der Waals surface area contributed by atoms with E-state index in [1.807, 2.05) is 37.3 Å². The van der Waals surface area contributed by atoms with Crippen molar-refractivity contribution >= 4 is 39.8 Å². The molecule has 4 rings (SSSR count). The Balaban J connectivity index is 1.61. The van der Waals surface area contributed by atoms with E-state index in [0.717, 1.165) is 4.47 Å². The highest BCUT2D eigenvalue weighted by molar-refractivity contribution is 9.10. The summed E-state index contributed by atoms with van der Waals surface area (Å²) < 4.78 is 17.3. The van der Waals surface area contributed by atoms with E-state index in [2.05, 4.69) is 20.9 Å². The SMILES string of the molecule is CCOc1cc(/C=C2\N=C(c3ccccc3Br)OC2=O)ccc1OC(=O)c1ccccc1. The lowest BCUT2D eigenvalue weighted by molar-refractivity contribution is -0.129. The molecular weight excluding hydrogens is 474 g/mol. The minimum Gasteiger partial charge on any atom is -0.490 e. The average molecular weight is 492 g/mol. The zero-order valence-electron chi connectivity index (χ0n) is 17.1. The quantitative estimate of drug-likeness (QED) is 0.261. The molecule has 3 aromatic rings. The van der Waals surface area contributed by atoms with Gasteiger partial charge in [-0.2, -0.15) is 0 Å². The van der Waals surface area contributed by atoms with Gasteiger partial charge in [0.2, 0.25) is 5.90 Å². The number of nitrogens with zero attached hydrogens (tertiary/aromatic N) is 1. The molecule has 0 radical (unpaired) electrons. The summed E-state index contributed by atoms with van der Waals surface area (Å²) in [5, 5.41) is 0. The highest BCUT2D eigenvalue weighted by atomic mass is 79.9. The van der Waals surface area contributed by atoms with Crippen LogP contribution in [-0.4, -0.2) is 24.4 Å². The molecule has 0 bridgehead atoms. The Labute approximate surface area is 193 Å². The summed E-state index contributed by atoms with van der Waals surface area (Å²) in [6, 6.07) is 21.1. The number of esters is 2. The van der Waals surface area contributed by atoms with Gasteiger partial charge in [0.1, 0.15) is 0 Å². The molecule has 0 fully saturated rings. The lowest BCUT2D eigenvalue weighted by Gasteiger charge is -2.11. The zero-order chi connectivity index (χ0) is 22.5. The van der Waals surface area contributed by atoms with Crippen molar-refractivity contribution in [2.75, 3.05) is 6.61 Å². The van der Waals surface area contributed by atoms with Gasteiger partial charge in [-0.25, -0.2) is 14.6 Å². The number of cyclic esters (lactones) is 1. The Kier molecular flexibility index (Phi) is 6.47. The average Bonchev–Trinajstić information content (AvgIpc) is 3.16. The molecule has 32 heavy (non-hydrogen) atoms. The number of ether oxygens (including phenoxy) is 3.